The Balaban J connectivity index is 1.61. The molecule has 1 saturated heterocycles. The second-order valence-electron chi connectivity index (χ2n) is 5.24. The molecule has 0 spiro atoms. The van der Waals surface area contributed by atoms with E-state index in [-0.39, 0.29) is 24.6 Å². The molecule has 0 bridgehead atoms. The number of fused-ring (bicyclic) bond motifs is 1. The Morgan fingerprint density at radius 3 is 3.23 bits per heavy atom. The van der Waals surface area contributed by atoms with Crippen LogP contribution in [-0.2, 0) is 4.79 Å². The summed E-state index contributed by atoms with van der Waals surface area (Å²) < 4.78 is 5.97. The van der Waals surface area contributed by atoms with Crippen molar-refractivity contribution in [1.82, 2.24) is 15.6 Å². The van der Waals surface area contributed by atoms with Crippen molar-refractivity contribution in [1.29, 1.82) is 0 Å². The van der Waals surface area contributed by atoms with Crippen LogP contribution in [0, 0.1) is 12.3 Å². The first-order valence-corrected chi connectivity index (χ1v) is 7.21. The lowest BCUT2D eigenvalue weighted by molar-refractivity contribution is -0.122. The molecule has 1 aromatic heterocycles. The summed E-state index contributed by atoms with van der Waals surface area (Å²) in [7, 11) is 0. The Morgan fingerprint density at radius 2 is 2.36 bits per heavy atom. The number of rotatable bonds is 4. The van der Waals surface area contributed by atoms with Gasteiger partial charge in [-0.25, -0.2) is 0 Å². The standard InChI is InChI=1S/C17H17N3O2/c1-2-6-19-17(21)16-9-15(11-20-16)22-14-4-3-13-10-18-7-5-12(13)8-14/h1,3-5,7-8,10,15-16,20H,6,9,11H2,(H,19,21)/t15-,16+/m1/s1. The normalized spacial score (nSPS) is 20.5. The van der Waals surface area contributed by atoms with Gasteiger partial charge >= 0.3 is 0 Å². The smallest absolute Gasteiger partial charge is 0.238 e. The Bertz CT molecular complexity index is 723. The first-order valence-electron chi connectivity index (χ1n) is 7.21. The minimum Gasteiger partial charge on any atom is -0.489 e. The molecule has 1 aromatic carbocycles. The van der Waals surface area contributed by atoms with Gasteiger partial charge in [0, 0.05) is 30.7 Å². The molecule has 0 aliphatic carbocycles. The lowest BCUT2D eigenvalue weighted by atomic mass is 10.1. The molecule has 2 heterocycles. The number of carbonyl (C=O) groups is 1. The molecule has 5 nitrogen and oxygen atoms in total. The second kappa shape index (κ2) is 6.46. The highest BCUT2D eigenvalue weighted by Gasteiger charge is 2.30. The molecule has 1 amide bonds. The van der Waals surface area contributed by atoms with E-state index in [0.717, 1.165) is 16.5 Å². The van der Waals surface area contributed by atoms with E-state index < -0.39 is 0 Å². The monoisotopic (exact) mass is 295 g/mol. The fraction of sp³-hybridized carbons (Fsp3) is 0.294. The van der Waals surface area contributed by atoms with Crippen molar-refractivity contribution in [2.45, 2.75) is 18.6 Å². The van der Waals surface area contributed by atoms with Crippen LogP contribution in [0.3, 0.4) is 0 Å². The van der Waals surface area contributed by atoms with Gasteiger partial charge in [0.1, 0.15) is 11.9 Å². The first kappa shape index (κ1) is 14.4. The number of nitrogens with zero attached hydrogens (tertiary/aromatic N) is 1. The number of benzene rings is 1. The van der Waals surface area contributed by atoms with Gasteiger partial charge in [0.25, 0.3) is 0 Å². The predicted molar refractivity (Wildman–Crippen MR) is 84.4 cm³/mol. The van der Waals surface area contributed by atoms with Gasteiger partial charge in [0.05, 0.1) is 12.6 Å². The molecule has 2 aromatic rings. The largest absolute Gasteiger partial charge is 0.489 e. The molecule has 2 atom stereocenters. The number of nitrogens with one attached hydrogen (secondary N) is 2. The van der Waals surface area contributed by atoms with Crippen LogP contribution in [0.5, 0.6) is 5.75 Å². The third-order valence-electron chi connectivity index (χ3n) is 3.69. The van der Waals surface area contributed by atoms with Gasteiger partial charge in [0.2, 0.25) is 5.91 Å². The summed E-state index contributed by atoms with van der Waals surface area (Å²) in [5.74, 6) is 3.12. The van der Waals surface area contributed by atoms with Gasteiger partial charge < -0.3 is 15.4 Å². The van der Waals surface area contributed by atoms with Gasteiger partial charge in [-0.2, -0.15) is 0 Å². The number of hydrogen-bond donors (Lipinski definition) is 2. The average Bonchev–Trinajstić information content (AvgIpc) is 3.01. The van der Waals surface area contributed by atoms with Crippen LogP contribution in [0.4, 0.5) is 0 Å². The molecule has 112 valence electrons. The van der Waals surface area contributed by atoms with E-state index in [1.54, 1.807) is 6.20 Å². The third kappa shape index (κ3) is 3.18. The maximum absolute atomic E-state index is 11.8. The van der Waals surface area contributed by atoms with E-state index in [2.05, 4.69) is 21.5 Å². The molecule has 1 fully saturated rings. The SMILES string of the molecule is C#CCNC(=O)[C@@H]1C[C@@H](Oc2ccc3cnccc3c2)CN1. The molecular formula is C17H17N3O2. The minimum absolute atomic E-state index is 0.0270. The summed E-state index contributed by atoms with van der Waals surface area (Å²) in [6, 6.07) is 7.60. The van der Waals surface area contributed by atoms with E-state index in [1.807, 2.05) is 30.5 Å². The number of ether oxygens (including phenoxy) is 1. The first-order chi connectivity index (χ1) is 10.8. The molecular weight excluding hydrogens is 278 g/mol. The van der Waals surface area contributed by atoms with E-state index in [1.165, 1.54) is 0 Å². The highest BCUT2D eigenvalue weighted by Crippen LogP contribution is 2.22. The maximum Gasteiger partial charge on any atom is 0.238 e. The second-order valence-corrected chi connectivity index (χ2v) is 5.24. The number of terminal acetylenes is 1. The van der Waals surface area contributed by atoms with Crippen molar-refractivity contribution in [2.75, 3.05) is 13.1 Å². The Morgan fingerprint density at radius 1 is 1.45 bits per heavy atom. The number of hydrogen-bond acceptors (Lipinski definition) is 4. The van der Waals surface area contributed by atoms with E-state index in [9.17, 15) is 4.79 Å². The highest BCUT2D eigenvalue weighted by molar-refractivity contribution is 5.83. The summed E-state index contributed by atoms with van der Waals surface area (Å²) in [6.45, 7) is 0.893. The summed E-state index contributed by atoms with van der Waals surface area (Å²) in [5.41, 5.74) is 0. The van der Waals surface area contributed by atoms with Gasteiger partial charge in [-0.1, -0.05) is 5.92 Å². The lowest BCUT2D eigenvalue weighted by Gasteiger charge is -2.13. The molecule has 1 aliphatic rings. The summed E-state index contributed by atoms with van der Waals surface area (Å²) in [6.07, 6.45) is 9.32. The van der Waals surface area contributed by atoms with Crippen LogP contribution in [0.25, 0.3) is 10.8 Å². The maximum atomic E-state index is 11.8. The zero-order chi connectivity index (χ0) is 15.4. The predicted octanol–water partition coefficient (Wildman–Crippen LogP) is 1.09. The van der Waals surface area contributed by atoms with Gasteiger partial charge in [-0.15, -0.1) is 6.42 Å². The number of carbonyl (C=O) groups excluding carboxylic acids is 1. The topological polar surface area (TPSA) is 63.2 Å². The quantitative estimate of drug-likeness (QED) is 0.829. The Labute approximate surface area is 129 Å². The molecule has 22 heavy (non-hydrogen) atoms. The summed E-state index contributed by atoms with van der Waals surface area (Å²) >= 11 is 0. The Kier molecular flexibility index (Phi) is 4.22. The lowest BCUT2D eigenvalue weighted by Crippen LogP contribution is -2.40. The average molecular weight is 295 g/mol. The van der Waals surface area contributed by atoms with Gasteiger partial charge in [-0.3, -0.25) is 9.78 Å². The van der Waals surface area contributed by atoms with E-state index >= 15 is 0 Å². The zero-order valence-corrected chi connectivity index (χ0v) is 12.1. The zero-order valence-electron chi connectivity index (χ0n) is 12.1. The van der Waals surface area contributed by atoms with E-state index in [4.69, 9.17) is 11.2 Å². The highest BCUT2D eigenvalue weighted by atomic mass is 16.5. The van der Waals surface area contributed by atoms with Gasteiger partial charge in [-0.05, 0) is 29.7 Å². The summed E-state index contributed by atoms with van der Waals surface area (Å²) in [4.78, 5) is 15.9. The third-order valence-corrected chi connectivity index (χ3v) is 3.69. The van der Waals surface area contributed by atoms with Crippen LogP contribution in [0.15, 0.2) is 36.7 Å². The van der Waals surface area contributed by atoms with Crippen LogP contribution >= 0.6 is 0 Å². The van der Waals surface area contributed by atoms with Crippen LogP contribution in [-0.4, -0.2) is 36.1 Å². The number of aromatic nitrogens is 1. The number of amides is 1. The van der Waals surface area contributed by atoms with Crippen molar-refractivity contribution in [3.8, 4) is 18.1 Å². The van der Waals surface area contributed by atoms with Crippen LogP contribution < -0.4 is 15.4 Å². The fourth-order valence-electron chi connectivity index (χ4n) is 2.58. The molecule has 1 aliphatic heterocycles. The molecule has 0 radical (unpaired) electrons. The molecule has 2 N–H and O–H groups in total. The van der Waals surface area contributed by atoms with Crippen LogP contribution in [0.2, 0.25) is 0 Å². The Hall–Kier alpha value is -2.58. The van der Waals surface area contributed by atoms with Crippen molar-refractivity contribution in [3.05, 3.63) is 36.7 Å². The van der Waals surface area contributed by atoms with Crippen molar-refractivity contribution in [3.63, 3.8) is 0 Å². The molecule has 5 heteroatoms. The van der Waals surface area contributed by atoms with Crippen molar-refractivity contribution >= 4 is 16.7 Å². The number of pyridine rings is 1. The molecule has 3 rings (SSSR count). The molecule has 0 unspecified atom stereocenters. The van der Waals surface area contributed by atoms with Crippen molar-refractivity contribution < 1.29 is 9.53 Å². The van der Waals surface area contributed by atoms with Gasteiger partial charge in [0.15, 0.2) is 0 Å². The van der Waals surface area contributed by atoms with Crippen molar-refractivity contribution in [2.24, 2.45) is 0 Å². The minimum atomic E-state index is -0.247. The van der Waals surface area contributed by atoms with Crippen LogP contribution in [0.1, 0.15) is 6.42 Å². The fourth-order valence-corrected chi connectivity index (χ4v) is 2.58. The summed E-state index contributed by atoms with van der Waals surface area (Å²) in [5, 5.41) is 8.00. The van der Waals surface area contributed by atoms with E-state index in [0.29, 0.717) is 13.0 Å². The molecule has 0 saturated carbocycles.